The predicted octanol–water partition coefficient (Wildman–Crippen LogP) is 5.44. The van der Waals surface area contributed by atoms with Crippen LogP contribution in [0.15, 0.2) is 60.7 Å². The van der Waals surface area contributed by atoms with E-state index < -0.39 is 11.6 Å². The van der Waals surface area contributed by atoms with E-state index in [9.17, 15) is 14.7 Å². The van der Waals surface area contributed by atoms with Crippen LogP contribution in [0.1, 0.15) is 38.7 Å². The third kappa shape index (κ3) is 4.34. The molecule has 0 radical (unpaired) electrons. The van der Waals surface area contributed by atoms with Crippen LogP contribution in [-0.4, -0.2) is 35.2 Å². The summed E-state index contributed by atoms with van der Waals surface area (Å²) in [5, 5.41) is 12.0. The maximum absolute atomic E-state index is 12.7. The molecule has 2 aromatic carbocycles. The lowest BCUT2D eigenvalue weighted by Gasteiger charge is -2.42. The number of carboxylic acid groups (broad SMARTS) is 1. The Kier molecular flexibility index (Phi) is 5.93. The molecule has 180 valence electrons. The summed E-state index contributed by atoms with van der Waals surface area (Å²) in [6.45, 7) is 4.73. The van der Waals surface area contributed by atoms with Crippen molar-refractivity contribution in [3.05, 3.63) is 66.2 Å². The van der Waals surface area contributed by atoms with Crippen molar-refractivity contribution >= 4 is 17.7 Å². The zero-order valence-corrected chi connectivity index (χ0v) is 20.0. The molecule has 35 heavy (non-hydrogen) atoms. The van der Waals surface area contributed by atoms with Crippen LogP contribution in [-0.2, 0) is 10.3 Å². The largest absolute Gasteiger partial charge is 0.466 e. The van der Waals surface area contributed by atoms with Gasteiger partial charge in [-0.1, -0.05) is 68.4 Å². The van der Waals surface area contributed by atoms with Gasteiger partial charge in [-0.25, -0.2) is 9.78 Å². The number of hydrogen-bond acceptors (Lipinski definition) is 4. The Morgan fingerprint density at radius 2 is 1.83 bits per heavy atom. The molecule has 2 N–H and O–H groups in total. The highest BCUT2D eigenvalue weighted by Crippen LogP contribution is 2.43. The number of anilines is 1. The minimum Gasteiger partial charge on any atom is -0.466 e. The number of nitrogens with one attached hydrogen (secondary N) is 1. The Morgan fingerprint density at radius 1 is 1.11 bits per heavy atom. The number of carbonyl (C=O) groups is 2. The smallest absolute Gasteiger partial charge is 0.405 e. The average Bonchev–Trinajstić information content (AvgIpc) is 2.83. The third-order valence-corrected chi connectivity index (χ3v) is 6.79. The Bertz CT molecular complexity index is 1250. The maximum Gasteiger partial charge on any atom is 0.405 e. The van der Waals surface area contributed by atoms with E-state index >= 15 is 0 Å². The predicted molar refractivity (Wildman–Crippen MR) is 134 cm³/mol. The van der Waals surface area contributed by atoms with Crippen LogP contribution in [0, 0.1) is 5.92 Å². The molecule has 7 heteroatoms. The first-order valence-electron chi connectivity index (χ1n) is 12.0. The van der Waals surface area contributed by atoms with Crippen LogP contribution in [0.2, 0.25) is 0 Å². The molecule has 2 aliphatic rings. The number of rotatable bonds is 6. The molecule has 5 rings (SSSR count). The summed E-state index contributed by atoms with van der Waals surface area (Å²) in [5.41, 5.74) is 4.69. The van der Waals surface area contributed by atoms with Crippen molar-refractivity contribution in [3.8, 4) is 28.3 Å². The number of carbonyl (C=O) groups excluding carboxylic acids is 1. The molecule has 1 saturated carbocycles. The monoisotopic (exact) mass is 471 g/mol. The van der Waals surface area contributed by atoms with Crippen molar-refractivity contribution in [3.63, 3.8) is 0 Å². The fourth-order valence-corrected chi connectivity index (χ4v) is 4.92. The molecule has 0 atom stereocenters. The lowest BCUT2D eigenvalue weighted by atomic mass is 9.71. The van der Waals surface area contributed by atoms with E-state index in [4.69, 9.17) is 9.72 Å². The highest BCUT2D eigenvalue weighted by Gasteiger charge is 2.40. The molecule has 3 aromatic rings. The molecule has 0 bridgehead atoms. The van der Waals surface area contributed by atoms with E-state index in [1.165, 1.54) is 0 Å². The van der Waals surface area contributed by atoms with Gasteiger partial charge in [0.15, 0.2) is 6.61 Å². The molecule has 7 nitrogen and oxygen atoms in total. The van der Waals surface area contributed by atoms with Crippen LogP contribution < -0.4 is 15.0 Å². The molecule has 1 fully saturated rings. The normalized spacial score (nSPS) is 16.3. The van der Waals surface area contributed by atoms with Crippen molar-refractivity contribution in [2.24, 2.45) is 5.92 Å². The number of benzene rings is 2. The van der Waals surface area contributed by atoms with Crippen LogP contribution in [0.3, 0.4) is 0 Å². The second-order valence-corrected chi connectivity index (χ2v) is 9.70. The van der Waals surface area contributed by atoms with Crippen LogP contribution in [0.25, 0.3) is 22.4 Å². The molecular weight excluding hydrogens is 442 g/mol. The standard InChI is InChI=1S/C28H29N3O4/c1-18(2)16-31-23-15-22(19-7-4-3-5-8-19)25(29-26(23)35-17-24(31)32)20-9-11-21(12-10-20)28(13-6-14-28)30-27(33)34/h3-5,7-12,15,18,30H,6,13-14,16-17H2,1-2H3,(H,33,34). The third-order valence-electron chi connectivity index (χ3n) is 6.79. The second-order valence-electron chi connectivity index (χ2n) is 9.70. The van der Waals surface area contributed by atoms with E-state index in [0.717, 1.165) is 47.2 Å². The van der Waals surface area contributed by atoms with Gasteiger partial charge in [0.25, 0.3) is 5.91 Å². The zero-order chi connectivity index (χ0) is 24.6. The summed E-state index contributed by atoms with van der Waals surface area (Å²) in [6, 6.07) is 19.9. The van der Waals surface area contributed by atoms with Gasteiger partial charge in [-0.3, -0.25) is 4.79 Å². The van der Waals surface area contributed by atoms with Gasteiger partial charge in [-0.2, -0.15) is 0 Å². The first kappa shape index (κ1) is 22.9. The number of nitrogens with zero attached hydrogens (tertiary/aromatic N) is 2. The van der Waals surface area contributed by atoms with E-state index in [0.29, 0.717) is 24.0 Å². The molecular formula is C28H29N3O4. The molecule has 1 aliphatic heterocycles. The Balaban J connectivity index is 1.60. The summed E-state index contributed by atoms with van der Waals surface area (Å²) in [4.78, 5) is 30.7. The quantitative estimate of drug-likeness (QED) is 0.499. The van der Waals surface area contributed by atoms with E-state index in [2.05, 4.69) is 19.2 Å². The zero-order valence-electron chi connectivity index (χ0n) is 20.0. The maximum atomic E-state index is 12.7. The highest BCUT2D eigenvalue weighted by atomic mass is 16.5. The molecule has 0 unspecified atom stereocenters. The first-order chi connectivity index (χ1) is 16.9. The molecule has 2 amide bonds. The Morgan fingerprint density at radius 3 is 2.43 bits per heavy atom. The molecule has 1 aliphatic carbocycles. The van der Waals surface area contributed by atoms with Gasteiger partial charge in [0.1, 0.15) is 5.69 Å². The van der Waals surface area contributed by atoms with Crippen molar-refractivity contribution < 1.29 is 19.4 Å². The molecule has 1 aromatic heterocycles. The van der Waals surface area contributed by atoms with Crippen molar-refractivity contribution in [1.82, 2.24) is 10.3 Å². The first-order valence-corrected chi connectivity index (χ1v) is 12.0. The van der Waals surface area contributed by atoms with Gasteiger partial charge < -0.3 is 20.1 Å². The second kappa shape index (κ2) is 9.06. The number of aromatic nitrogens is 1. The topological polar surface area (TPSA) is 91.8 Å². The fourth-order valence-electron chi connectivity index (χ4n) is 4.92. The highest BCUT2D eigenvalue weighted by molar-refractivity contribution is 5.99. The Hall–Kier alpha value is -3.87. The van der Waals surface area contributed by atoms with Crippen LogP contribution >= 0.6 is 0 Å². The fraction of sp³-hybridized carbons (Fsp3) is 0.321. The average molecular weight is 472 g/mol. The SMILES string of the molecule is CC(C)CN1C(=O)COc2nc(-c3ccc(C4(NC(=O)O)CCC4)cc3)c(-c3ccccc3)cc21. The van der Waals surface area contributed by atoms with Gasteiger partial charge in [-0.15, -0.1) is 0 Å². The van der Waals surface area contributed by atoms with E-state index in [1.54, 1.807) is 4.90 Å². The number of ether oxygens (including phenoxy) is 1. The van der Waals surface area contributed by atoms with Gasteiger partial charge in [-0.05, 0) is 42.4 Å². The van der Waals surface area contributed by atoms with Crippen molar-refractivity contribution in [1.29, 1.82) is 0 Å². The summed E-state index contributed by atoms with van der Waals surface area (Å²) < 4.78 is 5.77. The molecule has 0 saturated heterocycles. The molecule has 2 heterocycles. The van der Waals surface area contributed by atoms with Crippen molar-refractivity contribution in [2.45, 2.75) is 38.6 Å². The summed E-state index contributed by atoms with van der Waals surface area (Å²) in [5.74, 6) is 0.684. The minimum atomic E-state index is -1.01. The van der Waals surface area contributed by atoms with Crippen LogP contribution in [0.4, 0.5) is 10.5 Å². The summed E-state index contributed by atoms with van der Waals surface area (Å²) >= 11 is 0. The lowest BCUT2D eigenvalue weighted by Crippen LogP contribution is -2.50. The number of fused-ring (bicyclic) bond motifs is 1. The number of amides is 2. The summed E-state index contributed by atoms with van der Waals surface area (Å²) in [7, 11) is 0. The minimum absolute atomic E-state index is 0.0286. The lowest BCUT2D eigenvalue weighted by molar-refractivity contribution is -0.121. The number of hydrogen-bond donors (Lipinski definition) is 2. The molecule has 0 spiro atoms. The Labute approximate surface area is 204 Å². The van der Waals surface area contributed by atoms with Gasteiger partial charge in [0.05, 0.1) is 11.2 Å². The van der Waals surface area contributed by atoms with Crippen molar-refractivity contribution in [2.75, 3.05) is 18.1 Å². The van der Waals surface area contributed by atoms with Gasteiger partial charge in [0, 0.05) is 17.7 Å². The van der Waals surface area contributed by atoms with E-state index in [-0.39, 0.29) is 12.5 Å². The van der Waals surface area contributed by atoms with Crippen LogP contribution in [0.5, 0.6) is 5.88 Å². The van der Waals surface area contributed by atoms with Gasteiger partial charge in [0.2, 0.25) is 5.88 Å². The number of pyridine rings is 1. The summed E-state index contributed by atoms with van der Waals surface area (Å²) in [6.07, 6.45) is 1.57. The van der Waals surface area contributed by atoms with Gasteiger partial charge >= 0.3 is 6.09 Å². The van der Waals surface area contributed by atoms with E-state index in [1.807, 2.05) is 60.7 Å².